The Morgan fingerprint density at radius 1 is 1.37 bits per heavy atom. The predicted octanol–water partition coefficient (Wildman–Crippen LogP) is 3.60. The zero-order chi connectivity index (χ0) is 19.6. The Kier molecular flexibility index (Phi) is 5.70. The lowest BCUT2D eigenvalue weighted by molar-refractivity contribution is 0.1000. The van der Waals surface area contributed by atoms with Crippen molar-refractivity contribution in [1.82, 2.24) is 0 Å². The molecule has 0 saturated heterocycles. The van der Waals surface area contributed by atoms with Crippen molar-refractivity contribution < 1.29 is 14.3 Å². The summed E-state index contributed by atoms with van der Waals surface area (Å²) in [5.74, 6) is 0.306. The van der Waals surface area contributed by atoms with E-state index in [1.165, 1.54) is 11.3 Å². The third kappa shape index (κ3) is 4.08. The molecule has 5 N–H and O–H groups in total. The van der Waals surface area contributed by atoms with Crippen LogP contribution in [-0.4, -0.2) is 18.4 Å². The van der Waals surface area contributed by atoms with Gasteiger partial charge in [-0.15, -0.1) is 11.3 Å². The number of thiophene rings is 1. The van der Waals surface area contributed by atoms with E-state index in [1.54, 1.807) is 18.2 Å². The number of primary amides is 1. The van der Waals surface area contributed by atoms with Crippen LogP contribution in [0, 0.1) is 5.92 Å². The minimum Gasteiger partial charge on any atom is -0.491 e. The number of nitrogens with two attached hydrogens (primary N) is 2. The molecule has 0 aliphatic heterocycles. The molecule has 1 atom stereocenters. The lowest BCUT2D eigenvalue weighted by Gasteiger charge is -2.18. The van der Waals surface area contributed by atoms with Crippen molar-refractivity contribution in [1.29, 1.82) is 0 Å². The molecular formula is C20H25N3O3S. The summed E-state index contributed by atoms with van der Waals surface area (Å²) in [4.78, 5) is 25.8. The number of fused-ring (bicyclic) bond motifs is 1. The normalized spacial score (nSPS) is 15.9. The molecule has 1 aromatic carbocycles. The summed E-state index contributed by atoms with van der Waals surface area (Å²) in [7, 11) is 0. The molecule has 7 heteroatoms. The average Bonchev–Trinajstić information content (AvgIpc) is 2.97. The van der Waals surface area contributed by atoms with Crippen molar-refractivity contribution in [3.8, 4) is 5.75 Å². The molecule has 0 bridgehead atoms. The maximum Gasteiger partial charge on any atom is 0.256 e. The molecule has 0 saturated carbocycles. The van der Waals surface area contributed by atoms with Gasteiger partial charge in [-0.2, -0.15) is 0 Å². The van der Waals surface area contributed by atoms with Crippen LogP contribution >= 0.6 is 11.3 Å². The van der Waals surface area contributed by atoms with Crippen LogP contribution in [0.3, 0.4) is 0 Å². The molecule has 0 radical (unpaired) electrons. The molecule has 1 unspecified atom stereocenters. The summed E-state index contributed by atoms with van der Waals surface area (Å²) in [6.45, 7) is 4.77. The van der Waals surface area contributed by atoms with Crippen molar-refractivity contribution >= 4 is 33.8 Å². The van der Waals surface area contributed by atoms with Gasteiger partial charge < -0.3 is 21.5 Å². The highest BCUT2D eigenvalue weighted by atomic mass is 32.1. The van der Waals surface area contributed by atoms with Crippen molar-refractivity contribution in [2.75, 3.05) is 17.7 Å². The Bertz CT molecular complexity index is 876. The molecule has 3 rings (SSSR count). The molecular weight excluding hydrogens is 362 g/mol. The van der Waals surface area contributed by atoms with Gasteiger partial charge in [0.05, 0.1) is 17.9 Å². The second kappa shape index (κ2) is 8.00. The maximum atomic E-state index is 12.7. The number of nitrogens with one attached hydrogen (secondary N) is 1. The number of amides is 2. The zero-order valence-electron chi connectivity index (χ0n) is 15.6. The highest BCUT2D eigenvalue weighted by molar-refractivity contribution is 7.17. The highest BCUT2D eigenvalue weighted by Gasteiger charge is 2.27. The molecule has 2 amide bonds. The standard InChI is InChI=1S/C20H25N3O3S/c1-3-8-26-15-7-5-12(10-14(15)21)19(25)23-20-17(18(22)24)13-6-4-11(2)9-16(13)27-20/h5,7,10-11H,3-4,6,8-9,21H2,1-2H3,(H2,22,24)(H,23,25). The van der Waals surface area contributed by atoms with Gasteiger partial charge in [0.15, 0.2) is 0 Å². The third-order valence-corrected chi connectivity index (χ3v) is 5.89. The molecule has 6 nitrogen and oxygen atoms in total. The molecule has 2 aromatic rings. The Morgan fingerprint density at radius 3 is 2.81 bits per heavy atom. The zero-order valence-corrected chi connectivity index (χ0v) is 16.4. The van der Waals surface area contributed by atoms with Crippen LogP contribution in [-0.2, 0) is 12.8 Å². The van der Waals surface area contributed by atoms with Crippen LogP contribution in [0.5, 0.6) is 5.75 Å². The van der Waals surface area contributed by atoms with Crippen LogP contribution < -0.4 is 21.5 Å². The molecule has 27 heavy (non-hydrogen) atoms. The fourth-order valence-electron chi connectivity index (χ4n) is 3.31. The first-order chi connectivity index (χ1) is 12.9. The smallest absolute Gasteiger partial charge is 0.256 e. The summed E-state index contributed by atoms with van der Waals surface area (Å²) in [6, 6.07) is 4.94. The Morgan fingerprint density at radius 2 is 2.15 bits per heavy atom. The predicted molar refractivity (Wildman–Crippen MR) is 109 cm³/mol. The third-order valence-electron chi connectivity index (χ3n) is 4.72. The molecule has 1 aromatic heterocycles. The highest BCUT2D eigenvalue weighted by Crippen LogP contribution is 2.39. The Hall–Kier alpha value is -2.54. The molecule has 0 spiro atoms. The van der Waals surface area contributed by atoms with Crippen LogP contribution in [0.4, 0.5) is 10.7 Å². The molecule has 1 aliphatic carbocycles. The number of carbonyl (C=O) groups excluding carboxylic acids is 2. The van der Waals surface area contributed by atoms with E-state index in [1.807, 2.05) is 6.92 Å². The summed E-state index contributed by atoms with van der Waals surface area (Å²) in [5.41, 5.74) is 13.8. The summed E-state index contributed by atoms with van der Waals surface area (Å²) in [6.07, 6.45) is 3.62. The SMILES string of the molecule is CCCOc1ccc(C(=O)Nc2sc3c(c2C(N)=O)CCC(C)C3)cc1N. The molecule has 0 fully saturated rings. The lowest BCUT2D eigenvalue weighted by atomic mass is 9.88. The topological polar surface area (TPSA) is 107 Å². The van der Waals surface area contributed by atoms with E-state index in [0.717, 1.165) is 36.1 Å². The first kappa shape index (κ1) is 19.2. The van der Waals surface area contributed by atoms with Crippen LogP contribution in [0.2, 0.25) is 0 Å². The van der Waals surface area contributed by atoms with E-state index in [-0.39, 0.29) is 5.91 Å². The van der Waals surface area contributed by atoms with Crippen LogP contribution in [0.15, 0.2) is 18.2 Å². The number of hydrogen-bond acceptors (Lipinski definition) is 5. The largest absolute Gasteiger partial charge is 0.491 e. The fourth-order valence-corrected chi connectivity index (χ4v) is 4.72. The van der Waals surface area contributed by atoms with E-state index in [0.29, 0.717) is 40.1 Å². The van der Waals surface area contributed by atoms with Gasteiger partial charge in [0, 0.05) is 10.4 Å². The van der Waals surface area contributed by atoms with Gasteiger partial charge in [0.2, 0.25) is 0 Å². The number of anilines is 2. The molecule has 1 heterocycles. The number of nitrogen functional groups attached to an aromatic ring is 1. The average molecular weight is 388 g/mol. The van der Waals surface area contributed by atoms with Gasteiger partial charge in [-0.3, -0.25) is 9.59 Å². The number of carbonyl (C=O) groups is 2. The van der Waals surface area contributed by atoms with E-state index in [2.05, 4.69) is 12.2 Å². The van der Waals surface area contributed by atoms with Crippen LogP contribution in [0.1, 0.15) is 57.8 Å². The van der Waals surface area contributed by atoms with Gasteiger partial charge in [-0.1, -0.05) is 13.8 Å². The van der Waals surface area contributed by atoms with Gasteiger partial charge in [-0.05, 0) is 55.4 Å². The quantitative estimate of drug-likeness (QED) is 0.658. The molecule has 1 aliphatic rings. The summed E-state index contributed by atoms with van der Waals surface area (Å²) < 4.78 is 5.54. The maximum absolute atomic E-state index is 12.7. The Balaban J connectivity index is 1.84. The lowest BCUT2D eigenvalue weighted by Crippen LogP contribution is -2.19. The van der Waals surface area contributed by atoms with Gasteiger partial charge in [0.25, 0.3) is 11.8 Å². The first-order valence-corrected chi connectivity index (χ1v) is 10.00. The van der Waals surface area contributed by atoms with Gasteiger partial charge in [0.1, 0.15) is 10.8 Å². The van der Waals surface area contributed by atoms with E-state index in [4.69, 9.17) is 16.2 Å². The van der Waals surface area contributed by atoms with Gasteiger partial charge in [-0.25, -0.2) is 0 Å². The number of benzene rings is 1. The monoisotopic (exact) mass is 387 g/mol. The van der Waals surface area contributed by atoms with Crippen LogP contribution in [0.25, 0.3) is 0 Å². The van der Waals surface area contributed by atoms with E-state index >= 15 is 0 Å². The minimum atomic E-state index is -0.500. The molecule has 144 valence electrons. The van der Waals surface area contributed by atoms with Crippen molar-refractivity contribution in [3.05, 3.63) is 39.8 Å². The number of rotatable bonds is 6. The fraction of sp³-hybridized carbons (Fsp3) is 0.400. The van der Waals surface area contributed by atoms with Crippen molar-refractivity contribution in [2.45, 2.75) is 39.5 Å². The van der Waals surface area contributed by atoms with Crippen molar-refractivity contribution in [2.24, 2.45) is 11.7 Å². The summed E-state index contributed by atoms with van der Waals surface area (Å²) >= 11 is 1.45. The second-order valence-corrected chi connectivity index (χ2v) is 8.08. The number of ether oxygens (including phenoxy) is 1. The minimum absolute atomic E-state index is 0.321. The van der Waals surface area contributed by atoms with Gasteiger partial charge >= 0.3 is 0 Å². The number of hydrogen-bond donors (Lipinski definition) is 3. The van der Waals surface area contributed by atoms with Crippen molar-refractivity contribution in [3.63, 3.8) is 0 Å². The van der Waals surface area contributed by atoms with E-state index < -0.39 is 5.91 Å². The first-order valence-electron chi connectivity index (χ1n) is 9.18. The second-order valence-electron chi connectivity index (χ2n) is 6.98. The van der Waals surface area contributed by atoms with E-state index in [9.17, 15) is 9.59 Å². The summed E-state index contributed by atoms with van der Waals surface area (Å²) in [5, 5.41) is 3.38. The Labute approximate surface area is 162 Å².